The summed E-state index contributed by atoms with van der Waals surface area (Å²) in [6.45, 7) is 3.43. The van der Waals surface area contributed by atoms with E-state index in [0.29, 0.717) is 28.6 Å². The Kier molecular flexibility index (Phi) is 5.38. The number of hydrogen-bond donors (Lipinski definition) is 2. The van der Waals surface area contributed by atoms with Gasteiger partial charge in [0, 0.05) is 17.7 Å². The van der Waals surface area contributed by atoms with E-state index in [-0.39, 0.29) is 6.04 Å². The van der Waals surface area contributed by atoms with E-state index in [4.69, 9.17) is 0 Å². The minimum atomic E-state index is -1.68. The molecular formula is C21H20F3N5O2. The van der Waals surface area contributed by atoms with Crippen LogP contribution in [-0.2, 0) is 4.79 Å². The molecule has 2 amide bonds. The van der Waals surface area contributed by atoms with E-state index < -0.39 is 41.5 Å². The average molecular weight is 431 g/mol. The van der Waals surface area contributed by atoms with Gasteiger partial charge < -0.3 is 10.6 Å². The van der Waals surface area contributed by atoms with Gasteiger partial charge in [0.15, 0.2) is 23.1 Å². The molecular weight excluding hydrogens is 411 g/mol. The molecule has 0 bridgehead atoms. The van der Waals surface area contributed by atoms with E-state index in [1.54, 1.807) is 16.9 Å². The number of amides is 2. The molecule has 0 unspecified atom stereocenters. The van der Waals surface area contributed by atoms with Gasteiger partial charge in [0.25, 0.3) is 5.91 Å². The van der Waals surface area contributed by atoms with Gasteiger partial charge in [-0.05, 0) is 44.9 Å². The molecule has 162 valence electrons. The fourth-order valence-corrected chi connectivity index (χ4v) is 3.26. The molecule has 0 spiro atoms. The number of benzene rings is 1. The number of nitrogens with one attached hydrogen (secondary N) is 2. The number of rotatable bonds is 6. The summed E-state index contributed by atoms with van der Waals surface area (Å²) in [5.74, 6) is -5.56. The fourth-order valence-electron chi connectivity index (χ4n) is 3.26. The molecule has 2 aromatic heterocycles. The van der Waals surface area contributed by atoms with E-state index in [9.17, 15) is 22.8 Å². The van der Waals surface area contributed by atoms with E-state index in [1.165, 1.54) is 0 Å². The maximum Gasteiger partial charge on any atom is 0.252 e. The number of carbonyl (C=O) groups is 2. The van der Waals surface area contributed by atoms with Gasteiger partial charge in [-0.1, -0.05) is 0 Å². The number of nitrogens with zero attached hydrogens (tertiary/aromatic N) is 3. The molecule has 2 heterocycles. The van der Waals surface area contributed by atoms with Crippen molar-refractivity contribution in [3.05, 3.63) is 53.1 Å². The predicted molar refractivity (Wildman–Crippen MR) is 107 cm³/mol. The number of carbonyl (C=O) groups excluding carboxylic acids is 2. The molecule has 0 saturated heterocycles. The molecule has 0 aliphatic heterocycles. The second-order valence-electron chi connectivity index (χ2n) is 7.74. The average Bonchev–Trinajstić information content (AvgIpc) is 3.50. The van der Waals surface area contributed by atoms with Gasteiger partial charge in [-0.25, -0.2) is 22.8 Å². The number of anilines is 1. The molecule has 1 saturated carbocycles. The molecule has 7 nitrogen and oxygen atoms in total. The highest BCUT2D eigenvalue weighted by Gasteiger charge is 2.28. The van der Waals surface area contributed by atoms with E-state index in [2.05, 4.69) is 20.7 Å². The van der Waals surface area contributed by atoms with Crippen LogP contribution in [-0.4, -0.2) is 33.1 Å². The van der Waals surface area contributed by atoms with Crippen molar-refractivity contribution >= 4 is 28.5 Å². The molecule has 2 N–H and O–H groups in total. The van der Waals surface area contributed by atoms with Gasteiger partial charge in [0.1, 0.15) is 0 Å². The summed E-state index contributed by atoms with van der Waals surface area (Å²) in [5, 5.41) is 9.47. The Morgan fingerprint density at radius 2 is 1.94 bits per heavy atom. The first-order valence-electron chi connectivity index (χ1n) is 9.86. The number of fused-ring (bicyclic) bond motifs is 1. The zero-order valence-electron chi connectivity index (χ0n) is 16.9. The summed E-state index contributed by atoms with van der Waals surface area (Å²) in [5.41, 5.74) is 1.22. The molecule has 10 heteroatoms. The zero-order chi connectivity index (χ0) is 22.3. The third-order valence-electron chi connectivity index (χ3n) is 5.03. The van der Waals surface area contributed by atoms with Crippen molar-refractivity contribution in [1.82, 2.24) is 20.1 Å². The summed E-state index contributed by atoms with van der Waals surface area (Å²) >= 11 is 0. The standard InChI is InChI=1S/C21H20F3N5O2/c1-10(2)29-20-13(8-26-29)12(7-16(28-20)11-3-4-11)21(31)25-9-17(30)27-15-6-5-14(22)18(23)19(15)24/h5-8,10-11H,3-4,9H2,1-2H3,(H,25,31)(H,27,30). The van der Waals surface area contributed by atoms with Crippen LogP contribution in [0.5, 0.6) is 0 Å². The van der Waals surface area contributed by atoms with Crippen molar-refractivity contribution in [3.63, 3.8) is 0 Å². The SMILES string of the molecule is CC(C)n1ncc2c(C(=O)NCC(=O)Nc3ccc(F)c(F)c3F)cc(C3CC3)nc21. The highest BCUT2D eigenvalue weighted by Crippen LogP contribution is 2.40. The van der Waals surface area contributed by atoms with Crippen LogP contribution in [0.2, 0.25) is 0 Å². The normalized spacial score (nSPS) is 13.6. The molecule has 0 atom stereocenters. The maximum atomic E-state index is 13.7. The Bertz CT molecular complexity index is 1190. The van der Waals surface area contributed by atoms with Gasteiger partial charge in [-0.3, -0.25) is 9.59 Å². The van der Waals surface area contributed by atoms with Crippen LogP contribution in [0.1, 0.15) is 54.7 Å². The van der Waals surface area contributed by atoms with Crippen LogP contribution >= 0.6 is 0 Å². The number of aromatic nitrogens is 3. The molecule has 0 radical (unpaired) electrons. The summed E-state index contributed by atoms with van der Waals surface area (Å²) in [6.07, 6.45) is 3.56. The highest BCUT2D eigenvalue weighted by atomic mass is 19.2. The maximum absolute atomic E-state index is 13.7. The third kappa shape index (κ3) is 4.10. The molecule has 1 aliphatic rings. The van der Waals surface area contributed by atoms with Gasteiger partial charge in [-0.15, -0.1) is 0 Å². The predicted octanol–water partition coefficient (Wildman–Crippen LogP) is 3.68. The number of pyridine rings is 1. The van der Waals surface area contributed by atoms with Crippen LogP contribution in [0.25, 0.3) is 11.0 Å². The minimum absolute atomic E-state index is 0.0483. The summed E-state index contributed by atoms with van der Waals surface area (Å²) in [6, 6.07) is 3.36. The van der Waals surface area contributed by atoms with Crippen molar-refractivity contribution in [1.29, 1.82) is 0 Å². The van der Waals surface area contributed by atoms with Crippen LogP contribution in [0, 0.1) is 17.5 Å². The van der Waals surface area contributed by atoms with Crippen LogP contribution in [0.3, 0.4) is 0 Å². The summed E-state index contributed by atoms with van der Waals surface area (Å²) < 4.78 is 41.8. The Labute approximate surface area is 175 Å². The lowest BCUT2D eigenvalue weighted by atomic mass is 10.1. The lowest BCUT2D eigenvalue weighted by Gasteiger charge is -2.11. The molecule has 31 heavy (non-hydrogen) atoms. The zero-order valence-corrected chi connectivity index (χ0v) is 16.9. The lowest BCUT2D eigenvalue weighted by molar-refractivity contribution is -0.115. The molecule has 3 aromatic rings. The van der Waals surface area contributed by atoms with Crippen LogP contribution < -0.4 is 10.6 Å². The van der Waals surface area contributed by atoms with E-state index in [0.717, 1.165) is 24.6 Å². The number of halogens is 3. The Hall–Kier alpha value is -3.43. The summed E-state index contributed by atoms with van der Waals surface area (Å²) in [4.78, 5) is 29.6. The van der Waals surface area contributed by atoms with Crippen molar-refractivity contribution in [3.8, 4) is 0 Å². The monoisotopic (exact) mass is 431 g/mol. The fraction of sp³-hybridized carbons (Fsp3) is 0.333. The number of hydrogen-bond acceptors (Lipinski definition) is 4. The quantitative estimate of drug-likeness (QED) is 0.583. The van der Waals surface area contributed by atoms with Crippen molar-refractivity contribution in [2.45, 2.75) is 38.6 Å². The minimum Gasteiger partial charge on any atom is -0.343 e. The molecule has 1 aromatic carbocycles. The third-order valence-corrected chi connectivity index (χ3v) is 5.03. The largest absolute Gasteiger partial charge is 0.343 e. The van der Waals surface area contributed by atoms with Crippen molar-refractivity contribution < 1.29 is 22.8 Å². The highest BCUT2D eigenvalue weighted by molar-refractivity contribution is 6.07. The first kappa shape index (κ1) is 20.8. The van der Waals surface area contributed by atoms with E-state index in [1.807, 2.05) is 13.8 Å². The Morgan fingerprint density at radius 3 is 2.61 bits per heavy atom. The Morgan fingerprint density at radius 1 is 1.19 bits per heavy atom. The molecule has 1 fully saturated rings. The lowest BCUT2D eigenvalue weighted by Crippen LogP contribution is -2.33. The topological polar surface area (TPSA) is 88.9 Å². The Balaban J connectivity index is 1.52. The van der Waals surface area contributed by atoms with Crippen LogP contribution in [0.15, 0.2) is 24.4 Å². The molecule has 1 aliphatic carbocycles. The smallest absolute Gasteiger partial charge is 0.252 e. The van der Waals surface area contributed by atoms with Gasteiger partial charge in [0.2, 0.25) is 5.91 Å². The first-order valence-corrected chi connectivity index (χ1v) is 9.86. The van der Waals surface area contributed by atoms with Gasteiger partial charge >= 0.3 is 0 Å². The van der Waals surface area contributed by atoms with Crippen LogP contribution in [0.4, 0.5) is 18.9 Å². The van der Waals surface area contributed by atoms with Gasteiger partial charge in [0.05, 0.1) is 29.4 Å². The van der Waals surface area contributed by atoms with Crippen molar-refractivity contribution in [2.24, 2.45) is 0 Å². The van der Waals surface area contributed by atoms with Crippen molar-refractivity contribution in [2.75, 3.05) is 11.9 Å². The first-order chi connectivity index (χ1) is 14.8. The summed E-state index contributed by atoms with van der Waals surface area (Å²) in [7, 11) is 0. The second-order valence-corrected chi connectivity index (χ2v) is 7.74. The van der Waals surface area contributed by atoms with E-state index >= 15 is 0 Å². The van der Waals surface area contributed by atoms with Gasteiger partial charge in [-0.2, -0.15) is 5.10 Å². The molecule has 4 rings (SSSR count). The second kappa shape index (κ2) is 8.01.